The predicted octanol–water partition coefficient (Wildman–Crippen LogP) is 4.22. The van der Waals surface area contributed by atoms with Crippen LogP contribution in [-0.2, 0) is 0 Å². The predicted molar refractivity (Wildman–Crippen MR) is 76.5 cm³/mol. The highest BCUT2D eigenvalue weighted by molar-refractivity contribution is 5.30. The van der Waals surface area contributed by atoms with Gasteiger partial charge in [-0.2, -0.15) is 0 Å². The highest BCUT2D eigenvalue weighted by Crippen LogP contribution is 2.52. The van der Waals surface area contributed by atoms with Crippen LogP contribution in [0.25, 0.3) is 0 Å². The molecule has 2 saturated carbocycles. The van der Waals surface area contributed by atoms with Crippen LogP contribution in [0.2, 0.25) is 0 Å². The minimum absolute atomic E-state index is 0.121. The lowest BCUT2D eigenvalue weighted by atomic mass is 9.79. The second-order valence-electron chi connectivity index (χ2n) is 6.37. The highest BCUT2D eigenvalue weighted by atomic mass is 19.1. The zero-order valence-electron chi connectivity index (χ0n) is 12.0. The van der Waals surface area contributed by atoms with Gasteiger partial charge in [-0.25, -0.2) is 4.39 Å². The van der Waals surface area contributed by atoms with Crippen molar-refractivity contribution in [1.29, 1.82) is 0 Å². The summed E-state index contributed by atoms with van der Waals surface area (Å²) in [5.41, 5.74) is 2.40. The normalized spacial score (nSPS) is 30.8. The minimum atomic E-state index is -0.121. The van der Waals surface area contributed by atoms with E-state index < -0.39 is 0 Å². The van der Waals surface area contributed by atoms with Crippen molar-refractivity contribution in [3.63, 3.8) is 0 Å². The van der Waals surface area contributed by atoms with E-state index in [4.69, 9.17) is 0 Å². The van der Waals surface area contributed by atoms with Crippen LogP contribution in [0.4, 0.5) is 4.39 Å². The summed E-state index contributed by atoms with van der Waals surface area (Å²) < 4.78 is 13.3. The van der Waals surface area contributed by atoms with Gasteiger partial charge in [-0.05, 0) is 73.7 Å². The summed E-state index contributed by atoms with van der Waals surface area (Å²) in [6.07, 6.45) is 5.62. The first-order chi connectivity index (χ1) is 9.19. The average molecular weight is 261 g/mol. The first-order valence-corrected chi connectivity index (χ1v) is 7.68. The maximum Gasteiger partial charge on any atom is 0.123 e. The van der Waals surface area contributed by atoms with Gasteiger partial charge in [0, 0.05) is 6.04 Å². The molecule has 0 saturated heterocycles. The quantitative estimate of drug-likeness (QED) is 0.855. The lowest BCUT2D eigenvalue weighted by Gasteiger charge is -2.32. The van der Waals surface area contributed by atoms with Gasteiger partial charge in [0.05, 0.1) is 0 Å². The van der Waals surface area contributed by atoms with Gasteiger partial charge in [0.15, 0.2) is 0 Å². The Morgan fingerprint density at radius 3 is 2.74 bits per heavy atom. The van der Waals surface area contributed by atoms with Crippen molar-refractivity contribution in [1.82, 2.24) is 5.32 Å². The van der Waals surface area contributed by atoms with Crippen molar-refractivity contribution >= 4 is 0 Å². The molecule has 104 valence electrons. The van der Waals surface area contributed by atoms with E-state index in [2.05, 4.69) is 12.2 Å². The zero-order chi connectivity index (χ0) is 13.4. The highest BCUT2D eigenvalue weighted by Gasteiger charge is 2.43. The molecule has 2 fully saturated rings. The molecule has 1 aromatic carbocycles. The molecule has 0 amide bonds. The second kappa shape index (κ2) is 5.24. The molecule has 4 unspecified atom stereocenters. The third-order valence-electron chi connectivity index (χ3n) is 5.21. The SMILES string of the molecule is CCNC(c1ccc(F)cc1C)C1CC2CCC1C2. The van der Waals surface area contributed by atoms with Crippen LogP contribution in [0.3, 0.4) is 0 Å². The molecule has 19 heavy (non-hydrogen) atoms. The molecule has 2 bridgehead atoms. The van der Waals surface area contributed by atoms with Gasteiger partial charge < -0.3 is 5.32 Å². The van der Waals surface area contributed by atoms with Crippen molar-refractivity contribution in [2.24, 2.45) is 17.8 Å². The van der Waals surface area contributed by atoms with Crippen LogP contribution >= 0.6 is 0 Å². The van der Waals surface area contributed by atoms with Crippen LogP contribution in [0, 0.1) is 30.5 Å². The average Bonchev–Trinajstić information content (AvgIpc) is 2.99. The number of rotatable bonds is 4. The zero-order valence-corrected chi connectivity index (χ0v) is 12.0. The number of halogens is 1. The molecule has 1 nitrogen and oxygen atoms in total. The summed E-state index contributed by atoms with van der Waals surface area (Å²) in [5.74, 6) is 2.47. The molecule has 2 heteroatoms. The molecule has 0 aromatic heterocycles. The number of nitrogens with one attached hydrogen (secondary N) is 1. The molecular formula is C17H24FN. The summed E-state index contributed by atoms with van der Waals surface area (Å²) in [7, 11) is 0. The van der Waals surface area contributed by atoms with Gasteiger partial charge in [0.1, 0.15) is 5.82 Å². The molecule has 1 aromatic rings. The first-order valence-electron chi connectivity index (χ1n) is 7.68. The number of fused-ring (bicyclic) bond motifs is 2. The van der Waals surface area contributed by atoms with Crippen LogP contribution in [-0.4, -0.2) is 6.54 Å². The van der Waals surface area contributed by atoms with Crippen molar-refractivity contribution in [3.8, 4) is 0 Å². The van der Waals surface area contributed by atoms with E-state index in [0.29, 0.717) is 6.04 Å². The molecule has 0 heterocycles. The molecule has 2 aliphatic carbocycles. The summed E-state index contributed by atoms with van der Waals surface area (Å²) in [6.45, 7) is 5.18. The number of hydrogen-bond donors (Lipinski definition) is 1. The van der Waals surface area contributed by atoms with E-state index >= 15 is 0 Å². The number of benzene rings is 1. The van der Waals surface area contributed by atoms with Gasteiger partial charge >= 0.3 is 0 Å². The van der Waals surface area contributed by atoms with Crippen molar-refractivity contribution in [2.75, 3.05) is 6.54 Å². The third-order valence-corrected chi connectivity index (χ3v) is 5.21. The molecule has 4 atom stereocenters. The van der Waals surface area contributed by atoms with Crippen LogP contribution in [0.5, 0.6) is 0 Å². The topological polar surface area (TPSA) is 12.0 Å². The number of hydrogen-bond acceptors (Lipinski definition) is 1. The first kappa shape index (κ1) is 13.1. The summed E-state index contributed by atoms with van der Waals surface area (Å²) in [5, 5.41) is 3.66. The molecule has 0 aliphatic heterocycles. The van der Waals surface area contributed by atoms with Gasteiger partial charge in [-0.1, -0.05) is 19.4 Å². The number of aryl methyl sites for hydroxylation is 1. The van der Waals surface area contributed by atoms with Crippen molar-refractivity contribution in [3.05, 3.63) is 35.1 Å². The van der Waals surface area contributed by atoms with Crippen LogP contribution in [0.1, 0.15) is 49.8 Å². The largest absolute Gasteiger partial charge is 0.310 e. The van der Waals surface area contributed by atoms with Gasteiger partial charge in [-0.3, -0.25) is 0 Å². The minimum Gasteiger partial charge on any atom is -0.310 e. The maximum absolute atomic E-state index is 13.3. The molecule has 3 rings (SSSR count). The maximum atomic E-state index is 13.3. The Bertz CT molecular complexity index is 457. The monoisotopic (exact) mass is 261 g/mol. The van der Waals surface area contributed by atoms with E-state index in [1.54, 1.807) is 12.1 Å². The van der Waals surface area contributed by atoms with E-state index in [1.807, 2.05) is 13.0 Å². The Hall–Kier alpha value is -0.890. The smallest absolute Gasteiger partial charge is 0.123 e. The van der Waals surface area contributed by atoms with E-state index in [0.717, 1.165) is 29.9 Å². The van der Waals surface area contributed by atoms with E-state index in [1.165, 1.54) is 31.2 Å². The van der Waals surface area contributed by atoms with Crippen molar-refractivity contribution < 1.29 is 4.39 Å². The lowest BCUT2D eigenvalue weighted by molar-refractivity contribution is 0.252. The third kappa shape index (κ3) is 2.43. The fourth-order valence-corrected chi connectivity index (χ4v) is 4.40. The van der Waals surface area contributed by atoms with E-state index in [9.17, 15) is 4.39 Å². The fourth-order valence-electron chi connectivity index (χ4n) is 4.40. The summed E-state index contributed by atoms with van der Waals surface area (Å²) >= 11 is 0. The van der Waals surface area contributed by atoms with Gasteiger partial charge in [0.25, 0.3) is 0 Å². The van der Waals surface area contributed by atoms with Crippen molar-refractivity contribution in [2.45, 2.75) is 45.6 Å². The van der Waals surface area contributed by atoms with Crippen LogP contribution < -0.4 is 5.32 Å². The van der Waals surface area contributed by atoms with E-state index in [-0.39, 0.29) is 5.82 Å². The molecule has 2 aliphatic rings. The Morgan fingerprint density at radius 2 is 2.16 bits per heavy atom. The summed E-state index contributed by atoms with van der Waals surface area (Å²) in [6, 6.07) is 5.69. The Labute approximate surface area is 115 Å². The molecular weight excluding hydrogens is 237 g/mol. The Balaban J connectivity index is 1.88. The van der Waals surface area contributed by atoms with Crippen LogP contribution in [0.15, 0.2) is 18.2 Å². The Kier molecular flexibility index (Phi) is 3.62. The molecule has 0 spiro atoms. The molecule has 1 N–H and O–H groups in total. The Morgan fingerprint density at radius 1 is 1.32 bits per heavy atom. The second-order valence-corrected chi connectivity index (χ2v) is 6.37. The van der Waals surface area contributed by atoms with Gasteiger partial charge in [0.2, 0.25) is 0 Å². The van der Waals surface area contributed by atoms with Gasteiger partial charge in [-0.15, -0.1) is 0 Å². The fraction of sp³-hybridized carbons (Fsp3) is 0.647. The lowest BCUT2D eigenvalue weighted by Crippen LogP contribution is -2.31. The standard InChI is InChI=1S/C17H24FN/c1-3-19-17(15-7-6-14(18)8-11(15)2)16-10-12-4-5-13(16)9-12/h6-8,12-13,16-17,19H,3-5,9-10H2,1-2H3. The molecule has 0 radical (unpaired) electrons. The summed E-state index contributed by atoms with van der Waals surface area (Å²) in [4.78, 5) is 0.